The third kappa shape index (κ3) is 3.54. The number of hydrogen-bond acceptors (Lipinski definition) is 3. The molecule has 0 bridgehead atoms. The van der Waals surface area contributed by atoms with Crippen molar-refractivity contribution in [2.45, 2.75) is 19.4 Å². The van der Waals surface area contributed by atoms with Crippen molar-refractivity contribution in [2.24, 2.45) is 0 Å². The molecule has 0 heterocycles. The molecule has 0 aliphatic heterocycles. The minimum atomic E-state index is -0.334. The molecule has 0 amide bonds. The van der Waals surface area contributed by atoms with Gasteiger partial charge < -0.3 is 10.4 Å². The molecule has 1 rings (SSSR count). The monoisotopic (exact) mass is 268 g/mol. The standard InChI is InChI=1S/C11H13BrN2O/c1-2-10(15)7-14-9-4-3-8(6-13)11(12)5-9/h3-5,10,14-15H,2,7H2,1H3. The molecule has 0 aliphatic rings. The summed E-state index contributed by atoms with van der Waals surface area (Å²) in [5, 5.41) is 21.2. The van der Waals surface area contributed by atoms with E-state index in [2.05, 4.69) is 27.3 Å². The van der Waals surface area contributed by atoms with Crippen LogP contribution < -0.4 is 5.32 Å². The zero-order valence-electron chi connectivity index (χ0n) is 8.50. The first kappa shape index (κ1) is 12.0. The van der Waals surface area contributed by atoms with Crippen LogP contribution in [-0.2, 0) is 0 Å². The summed E-state index contributed by atoms with van der Waals surface area (Å²) in [5.74, 6) is 0. The van der Waals surface area contributed by atoms with Gasteiger partial charge in [0.25, 0.3) is 0 Å². The molecule has 1 aromatic rings. The molecule has 80 valence electrons. The molecular weight excluding hydrogens is 256 g/mol. The smallest absolute Gasteiger partial charge is 0.100 e. The Morgan fingerprint density at radius 2 is 2.33 bits per heavy atom. The second kappa shape index (κ2) is 5.74. The number of rotatable bonds is 4. The van der Waals surface area contributed by atoms with Crippen LogP contribution in [0.1, 0.15) is 18.9 Å². The summed E-state index contributed by atoms with van der Waals surface area (Å²) < 4.78 is 0.765. The molecule has 2 N–H and O–H groups in total. The van der Waals surface area contributed by atoms with E-state index in [0.29, 0.717) is 12.1 Å². The summed E-state index contributed by atoms with van der Waals surface area (Å²) >= 11 is 3.31. The van der Waals surface area contributed by atoms with Gasteiger partial charge in [-0.05, 0) is 40.5 Å². The maximum Gasteiger partial charge on any atom is 0.100 e. The van der Waals surface area contributed by atoms with Gasteiger partial charge in [0, 0.05) is 16.7 Å². The zero-order chi connectivity index (χ0) is 11.3. The Bertz CT molecular complexity index is 373. The van der Waals surface area contributed by atoms with Crippen LogP contribution in [0.4, 0.5) is 5.69 Å². The molecule has 0 aliphatic carbocycles. The van der Waals surface area contributed by atoms with Crippen LogP contribution in [0.25, 0.3) is 0 Å². The predicted molar refractivity (Wildman–Crippen MR) is 63.6 cm³/mol. The second-order valence-electron chi connectivity index (χ2n) is 3.25. The molecule has 15 heavy (non-hydrogen) atoms. The zero-order valence-corrected chi connectivity index (χ0v) is 10.1. The van der Waals surface area contributed by atoms with Crippen molar-refractivity contribution in [3.63, 3.8) is 0 Å². The summed E-state index contributed by atoms with van der Waals surface area (Å²) in [6.07, 6.45) is 0.393. The second-order valence-corrected chi connectivity index (χ2v) is 4.10. The van der Waals surface area contributed by atoms with Crippen molar-refractivity contribution >= 4 is 21.6 Å². The Morgan fingerprint density at radius 3 is 2.87 bits per heavy atom. The molecule has 1 aromatic carbocycles. The van der Waals surface area contributed by atoms with E-state index in [1.54, 1.807) is 6.07 Å². The molecule has 0 fully saturated rings. The molecule has 0 aromatic heterocycles. The van der Waals surface area contributed by atoms with Crippen molar-refractivity contribution in [2.75, 3.05) is 11.9 Å². The van der Waals surface area contributed by atoms with Crippen LogP contribution in [0.15, 0.2) is 22.7 Å². The number of aliphatic hydroxyl groups excluding tert-OH is 1. The van der Waals surface area contributed by atoms with E-state index < -0.39 is 0 Å². The summed E-state index contributed by atoms with van der Waals surface area (Å²) in [5.41, 5.74) is 1.50. The Balaban J connectivity index is 2.64. The van der Waals surface area contributed by atoms with E-state index in [9.17, 15) is 5.11 Å². The van der Waals surface area contributed by atoms with Crippen LogP contribution in [0, 0.1) is 11.3 Å². The lowest BCUT2D eigenvalue weighted by molar-refractivity contribution is 0.183. The van der Waals surface area contributed by atoms with Gasteiger partial charge in [0.05, 0.1) is 11.7 Å². The molecular formula is C11H13BrN2O. The highest BCUT2D eigenvalue weighted by molar-refractivity contribution is 9.10. The molecule has 1 atom stereocenters. The molecule has 0 radical (unpaired) electrons. The van der Waals surface area contributed by atoms with Crippen molar-refractivity contribution in [3.05, 3.63) is 28.2 Å². The highest BCUT2D eigenvalue weighted by Gasteiger charge is 2.02. The first-order chi connectivity index (χ1) is 7.17. The van der Waals surface area contributed by atoms with E-state index in [1.807, 2.05) is 19.1 Å². The molecule has 0 saturated heterocycles. The maximum atomic E-state index is 9.36. The summed E-state index contributed by atoms with van der Waals surface area (Å²) in [6.45, 7) is 2.45. The van der Waals surface area contributed by atoms with Gasteiger partial charge in [0.15, 0.2) is 0 Å². The number of nitrogens with zero attached hydrogens (tertiary/aromatic N) is 1. The molecule has 0 spiro atoms. The summed E-state index contributed by atoms with van der Waals surface area (Å²) in [4.78, 5) is 0. The normalized spacial score (nSPS) is 11.9. The van der Waals surface area contributed by atoms with Crippen LogP contribution in [0.3, 0.4) is 0 Å². The number of benzene rings is 1. The first-order valence-corrected chi connectivity index (χ1v) is 5.58. The minimum absolute atomic E-state index is 0.334. The molecule has 1 unspecified atom stereocenters. The number of hydrogen-bond donors (Lipinski definition) is 2. The number of nitriles is 1. The fourth-order valence-electron chi connectivity index (χ4n) is 1.10. The van der Waals surface area contributed by atoms with Crippen molar-refractivity contribution in [1.29, 1.82) is 5.26 Å². The molecule has 0 saturated carbocycles. The number of aliphatic hydroxyl groups is 1. The van der Waals surface area contributed by atoms with Crippen LogP contribution in [-0.4, -0.2) is 17.8 Å². The fraction of sp³-hybridized carbons (Fsp3) is 0.364. The van der Waals surface area contributed by atoms with Crippen LogP contribution in [0.5, 0.6) is 0 Å². The van der Waals surface area contributed by atoms with E-state index in [0.717, 1.165) is 16.6 Å². The average Bonchev–Trinajstić information content (AvgIpc) is 2.26. The van der Waals surface area contributed by atoms with Crippen molar-refractivity contribution < 1.29 is 5.11 Å². The van der Waals surface area contributed by atoms with Gasteiger partial charge >= 0.3 is 0 Å². The van der Waals surface area contributed by atoms with Gasteiger partial charge in [-0.1, -0.05) is 6.92 Å². The lowest BCUT2D eigenvalue weighted by Crippen LogP contribution is -2.18. The highest BCUT2D eigenvalue weighted by Crippen LogP contribution is 2.20. The third-order valence-corrected chi connectivity index (χ3v) is 2.76. The summed E-state index contributed by atoms with van der Waals surface area (Å²) in [6, 6.07) is 7.47. The Kier molecular flexibility index (Phi) is 4.60. The van der Waals surface area contributed by atoms with E-state index in [4.69, 9.17) is 5.26 Å². The SMILES string of the molecule is CCC(O)CNc1ccc(C#N)c(Br)c1. The highest BCUT2D eigenvalue weighted by atomic mass is 79.9. The van der Waals surface area contributed by atoms with Gasteiger partial charge in [0.2, 0.25) is 0 Å². The maximum absolute atomic E-state index is 9.36. The van der Waals surface area contributed by atoms with Crippen LogP contribution in [0.2, 0.25) is 0 Å². The van der Waals surface area contributed by atoms with Gasteiger partial charge in [-0.25, -0.2) is 0 Å². The number of halogens is 1. The average molecular weight is 269 g/mol. The van der Waals surface area contributed by atoms with Crippen molar-refractivity contribution in [3.8, 4) is 6.07 Å². The Morgan fingerprint density at radius 1 is 1.60 bits per heavy atom. The summed E-state index contributed by atoms with van der Waals surface area (Å²) in [7, 11) is 0. The van der Waals surface area contributed by atoms with Gasteiger partial charge in [-0.2, -0.15) is 5.26 Å². The van der Waals surface area contributed by atoms with E-state index in [-0.39, 0.29) is 6.10 Å². The van der Waals surface area contributed by atoms with E-state index in [1.165, 1.54) is 0 Å². The largest absolute Gasteiger partial charge is 0.391 e. The van der Waals surface area contributed by atoms with Gasteiger partial charge in [-0.3, -0.25) is 0 Å². The van der Waals surface area contributed by atoms with Gasteiger partial charge in [0.1, 0.15) is 6.07 Å². The fourth-order valence-corrected chi connectivity index (χ4v) is 1.56. The minimum Gasteiger partial charge on any atom is -0.391 e. The predicted octanol–water partition coefficient (Wildman–Crippen LogP) is 2.50. The number of anilines is 1. The lowest BCUT2D eigenvalue weighted by Gasteiger charge is -2.11. The van der Waals surface area contributed by atoms with Gasteiger partial charge in [-0.15, -0.1) is 0 Å². The van der Waals surface area contributed by atoms with Crippen molar-refractivity contribution in [1.82, 2.24) is 0 Å². The van der Waals surface area contributed by atoms with E-state index >= 15 is 0 Å². The topological polar surface area (TPSA) is 56.0 Å². The number of nitrogens with one attached hydrogen (secondary N) is 1. The van der Waals surface area contributed by atoms with Crippen LogP contribution >= 0.6 is 15.9 Å². The third-order valence-electron chi connectivity index (χ3n) is 2.10. The Labute approximate surface area is 97.9 Å². The molecule has 3 nitrogen and oxygen atoms in total. The quantitative estimate of drug-likeness (QED) is 0.883. The first-order valence-electron chi connectivity index (χ1n) is 4.79. The molecule has 4 heteroatoms. The lowest BCUT2D eigenvalue weighted by atomic mass is 10.2. The Hall–Kier alpha value is -1.05.